The molecule has 1 heterocycles. The largest absolute Gasteiger partial charge is 0.493 e. The van der Waals surface area contributed by atoms with Gasteiger partial charge in [0.2, 0.25) is 5.82 Å². The van der Waals surface area contributed by atoms with Crippen LogP contribution in [0, 0.1) is 13.8 Å². The summed E-state index contributed by atoms with van der Waals surface area (Å²) in [5.74, 6) is 1.31. The molecule has 0 aliphatic heterocycles. The van der Waals surface area contributed by atoms with E-state index in [2.05, 4.69) is 10.1 Å². The molecule has 0 bridgehead atoms. The lowest BCUT2D eigenvalue weighted by Crippen LogP contribution is -2.08. The van der Waals surface area contributed by atoms with Crippen molar-refractivity contribution in [3.05, 3.63) is 59.0 Å². The summed E-state index contributed by atoms with van der Waals surface area (Å²) < 4.78 is 21.0. The third-order valence-corrected chi connectivity index (χ3v) is 4.26. The highest BCUT2D eigenvalue weighted by molar-refractivity contribution is 5.91. The van der Waals surface area contributed by atoms with Crippen LogP contribution in [0.4, 0.5) is 0 Å². The van der Waals surface area contributed by atoms with Gasteiger partial charge < -0.3 is 18.7 Å². The number of rotatable bonds is 6. The summed E-state index contributed by atoms with van der Waals surface area (Å²) in [6.07, 6.45) is 0. The monoisotopic (exact) mass is 368 g/mol. The molecule has 0 aliphatic carbocycles. The molecule has 0 amide bonds. The van der Waals surface area contributed by atoms with Gasteiger partial charge >= 0.3 is 5.97 Å². The molecule has 27 heavy (non-hydrogen) atoms. The Labute approximate surface area is 156 Å². The number of nitrogens with zero attached hydrogens (tertiary/aromatic N) is 2. The van der Waals surface area contributed by atoms with Crippen molar-refractivity contribution < 1.29 is 23.5 Å². The lowest BCUT2D eigenvalue weighted by atomic mass is 10.0. The van der Waals surface area contributed by atoms with Crippen LogP contribution in [-0.2, 0) is 11.3 Å². The van der Waals surface area contributed by atoms with Crippen LogP contribution in [0.5, 0.6) is 11.5 Å². The first-order valence-corrected chi connectivity index (χ1v) is 8.31. The van der Waals surface area contributed by atoms with Gasteiger partial charge in [-0.05, 0) is 49.2 Å². The summed E-state index contributed by atoms with van der Waals surface area (Å²) in [5, 5.41) is 3.93. The zero-order valence-electron chi connectivity index (χ0n) is 15.6. The number of carbonyl (C=O) groups excluding carboxylic acids is 1. The lowest BCUT2D eigenvalue weighted by Gasteiger charge is -2.07. The summed E-state index contributed by atoms with van der Waals surface area (Å²) in [6.45, 7) is 3.72. The van der Waals surface area contributed by atoms with Gasteiger partial charge in [0.1, 0.15) is 0 Å². The summed E-state index contributed by atoms with van der Waals surface area (Å²) in [6, 6.07) is 10.8. The Morgan fingerprint density at radius 3 is 2.59 bits per heavy atom. The molecule has 0 spiro atoms. The van der Waals surface area contributed by atoms with E-state index in [4.69, 9.17) is 18.7 Å². The predicted molar refractivity (Wildman–Crippen MR) is 97.9 cm³/mol. The zero-order chi connectivity index (χ0) is 19.4. The molecule has 7 nitrogen and oxygen atoms in total. The number of aromatic nitrogens is 2. The van der Waals surface area contributed by atoms with Crippen LogP contribution >= 0.6 is 0 Å². The fourth-order valence-electron chi connectivity index (χ4n) is 2.58. The highest BCUT2D eigenvalue weighted by atomic mass is 16.6. The smallest absolute Gasteiger partial charge is 0.338 e. The van der Waals surface area contributed by atoms with Gasteiger partial charge in [0.15, 0.2) is 18.1 Å². The second-order valence-electron chi connectivity index (χ2n) is 5.91. The average Bonchev–Trinajstić information content (AvgIpc) is 3.16. The molecule has 0 N–H and O–H groups in total. The molecule has 0 saturated heterocycles. The third-order valence-electron chi connectivity index (χ3n) is 4.26. The van der Waals surface area contributed by atoms with Gasteiger partial charge in [-0.1, -0.05) is 17.3 Å². The highest BCUT2D eigenvalue weighted by Crippen LogP contribution is 2.31. The van der Waals surface area contributed by atoms with Gasteiger partial charge in [0, 0.05) is 5.56 Å². The number of methoxy groups -OCH3 is 2. The highest BCUT2D eigenvalue weighted by Gasteiger charge is 2.16. The molecule has 140 valence electrons. The standard InChI is InChI=1S/C20H20N2O5/c1-12-6-5-7-15(13(12)2)20(23)26-11-18-21-19(22-27-18)14-8-9-16(24-3)17(10-14)25-4/h5-10H,11H2,1-4H3. The Kier molecular flexibility index (Phi) is 5.40. The van der Waals surface area contributed by atoms with Crippen molar-refractivity contribution in [1.82, 2.24) is 10.1 Å². The minimum absolute atomic E-state index is 0.105. The first-order chi connectivity index (χ1) is 13.0. The number of benzene rings is 2. The van der Waals surface area contributed by atoms with E-state index in [0.29, 0.717) is 28.5 Å². The molecule has 0 fully saturated rings. The SMILES string of the molecule is COc1ccc(-c2noc(COC(=O)c3cccc(C)c3C)n2)cc1OC. The van der Waals surface area contributed by atoms with Gasteiger partial charge in [0.05, 0.1) is 19.8 Å². The number of hydrogen-bond acceptors (Lipinski definition) is 7. The molecule has 0 atom stereocenters. The maximum atomic E-state index is 12.3. The number of esters is 1. The number of aryl methyl sites for hydroxylation is 1. The van der Waals surface area contributed by atoms with Gasteiger partial charge in [-0.25, -0.2) is 4.79 Å². The van der Waals surface area contributed by atoms with Crippen molar-refractivity contribution in [3.63, 3.8) is 0 Å². The normalized spacial score (nSPS) is 10.5. The zero-order valence-corrected chi connectivity index (χ0v) is 15.6. The van der Waals surface area contributed by atoms with Crippen LogP contribution in [-0.4, -0.2) is 30.3 Å². The van der Waals surface area contributed by atoms with E-state index >= 15 is 0 Å². The Balaban J connectivity index is 1.71. The quantitative estimate of drug-likeness (QED) is 0.613. The van der Waals surface area contributed by atoms with E-state index in [1.807, 2.05) is 26.0 Å². The minimum atomic E-state index is -0.429. The molecule has 0 radical (unpaired) electrons. The average molecular weight is 368 g/mol. The third kappa shape index (κ3) is 3.92. The molecule has 0 unspecified atom stereocenters. The van der Waals surface area contributed by atoms with Gasteiger partial charge in [-0.15, -0.1) is 0 Å². The van der Waals surface area contributed by atoms with Crippen molar-refractivity contribution >= 4 is 5.97 Å². The maximum absolute atomic E-state index is 12.3. The van der Waals surface area contributed by atoms with Crippen LogP contribution in [0.1, 0.15) is 27.4 Å². The molecule has 3 aromatic rings. The fourth-order valence-corrected chi connectivity index (χ4v) is 2.58. The van der Waals surface area contributed by atoms with E-state index in [9.17, 15) is 4.79 Å². The van der Waals surface area contributed by atoms with Crippen LogP contribution in [0.25, 0.3) is 11.4 Å². The Morgan fingerprint density at radius 1 is 1.07 bits per heavy atom. The van der Waals surface area contributed by atoms with E-state index < -0.39 is 5.97 Å². The first kappa shape index (κ1) is 18.4. The van der Waals surface area contributed by atoms with Gasteiger partial charge in [-0.3, -0.25) is 0 Å². The van der Waals surface area contributed by atoms with Crippen molar-refractivity contribution in [2.24, 2.45) is 0 Å². The fraction of sp³-hybridized carbons (Fsp3) is 0.250. The van der Waals surface area contributed by atoms with Crippen LogP contribution < -0.4 is 9.47 Å². The van der Waals surface area contributed by atoms with Crippen molar-refractivity contribution in [2.75, 3.05) is 14.2 Å². The molecule has 2 aromatic carbocycles. The van der Waals surface area contributed by atoms with Crippen molar-refractivity contribution in [2.45, 2.75) is 20.5 Å². The van der Waals surface area contributed by atoms with Gasteiger partial charge in [0.25, 0.3) is 5.89 Å². The number of ether oxygens (including phenoxy) is 3. The van der Waals surface area contributed by atoms with Crippen LogP contribution in [0.15, 0.2) is 40.9 Å². The number of carbonyl (C=O) groups is 1. The van der Waals surface area contributed by atoms with Crippen LogP contribution in [0.3, 0.4) is 0 Å². The summed E-state index contributed by atoms with van der Waals surface area (Å²) in [7, 11) is 3.12. The Morgan fingerprint density at radius 2 is 1.85 bits per heavy atom. The second-order valence-corrected chi connectivity index (χ2v) is 5.91. The molecular weight excluding hydrogens is 348 g/mol. The van der Waals surface area contributed by atoms with Crippen LogP contribution in [0.2, 0.25) is 0 Å². The van der Waals surface area contributed by atoms with E-state index in [1.54, 1.807) is 38.5 Å². The summed E-state index contributed by atoms with van der Waals surface area (Å²) in [4.78, 5) is 16.5. The first-order valence-electron chi connectivity index (χ1n) is 8.31. The summed E-state index contributed by atoms with van der Waals surface area (Å²) in [5.41, 5.74) is 3.13. The Bertz CT molecular complexity index is 965. The molecule has 1 aromatic heterocycles. The molecule has 0 aliphatic rings. The van der Waals surface area contributed by atoms with E-state index in [0.717, 1.165) is 11.1 Å². The predicted octanol–water partition coefficient (Wildman–Crippen LogP) is 3.73. The van der Waals surface area contributed by atoms with Gasteiger partial charge in [-0.2, -0.15) is 4.98 Å². The van der Waals surface area contributed by atoms with Crippen molar-refractivity contribution in [1.29, 1.82) is 0 Å². The van der Waals surface area contributed by atoms with Crippen molar-refractivity contribution in [3.8, 4) is 22.9 Å². The lowest BCUT2D eigenvalue weighted by molar-refractivity contribution is 0.0429. The maximum Gasteiger partial charge on any atom is 0.338 e. The topological polar surface area (TPSA) is 83.7 Å². The minimum Gasteiger partial charge on any atom is -0.493 e. The molecule has 7 heteroatoms. The second kappa shape index (κ2) is 7.90. The number of hydrogen-bond donors (Lipinski definition) is 0. The summed E-state index contributed by atoms with van der Waals surface area (Å²) >= 11 is 0. The van der Waals surface area contributed by atoms with E-state index in [1.165, 1.54) is 0 Å². The Hall–Kier alpha value is -3.35. The van der Waals surface area contributed by atoms with E-state index in [-0.39, 0.29) is 12.5 Å². The molecule has 3 rings (SSSR count). The molecular formula is C20H20N2O5. The molecule has 0 saturated carbocycles.